The summed E-state index contributed by atoms with van der Waals surface area (Å²) in [5.41, 5.74) is 2.28. The van der Waals surface area contributed by atoms with Crippen LogP contribution in [0.3, 0.4) is 0 Å². The Morgan fingerprint density at radius 1 is 1.23 bits per heavy atom. The lowest BCUT2D eigenvalue weighted by atomic mass is 9.77. The zero-order valence-corrected chi connectivity index (χ0v) is 17.8. The fourth-order valence-corrected chi connectivity index (χ4v) is 5.33. The molecule has 0 saturated carbocycles. The molecule has 0 radical (unpaired) electrons. The van der Waals surface area contributed by atoms with Gasteiger partial charge in [-0.3, -0.25) is 14.6 Å². The molecule has 30 heavy (non-hydrogen) atoms. The zero-order chi connectivity index (χ0) is 19.8. The van der Waals surface area contributed by atoms with Crippen molar-refractivity contribution in [2.24, 2.45) is 5.92 Å². The first-order chi connectivity index (χ1) is 14.2. The maximum absolute atomic E-state index is 13.2. The number of carbonyl (C=O) groups is 1. The van der Waals surface area contributed by atoms with Crippen molar-refractivity contribution in [2.75, 3.05) is 26.2 Å². The molecule has 4 heterocycles. The van der Waals surface area contributed by atoms with Crippen molar-refractivity contribution < 1.29 is 4.79 Å². The lowest BCUT2D eigenvalue weighted by molar-refractivity contribution is -0.138. The Kier molecular flexibility index (Phi) is 5.93. The van der Waals surface area contributed by atoms with Gasteiger partial charge >= 0.3 is 0 Å². The molecule has 1 atom stereocenters. The van der Waals surface area contributed by atoms with Crippen molar-refractivity contribution in [1.29, 1.82) is 0 Å². The quantitative estimate of drug-likeness (QED) is 0.762. The van der Waals surface area contributed by atoms with Gasteiger partial charge in [-0.05, 0) is 63.7 Å². The highest BCUT2D eigenvalue weighted by Gasteiger charge is 2.46. The molecule has 2 fully saturated rings. The molecule has 0 bridgehead atoms. The van der Waals surface area contributed by atoms with E-state index in [2.05, 4.69) is 20.2 Å². The van der Waals surface area contributed by atoms with Crippen LogP contribution in [0.4, 0.5) is 0 Å². The van der Waals surface area contributed by atoms with Crippen molar-refractivity contribution in [3.8, 4) is 11.4 Å². The van der Waals surface area contributed by atoms with Gasteiger partial charge in [0.15, 0.2) is 0 Å². The minimum absolute atomic E-state index is 0. The van der Waals surface area contributed by atoms with Crippen LogP contribution < -0.4 is 10.9 Å². The van der Waals surface area contributed by atoms with Gasteiger partial charge < -0.3 is 15.2 Å². The Morgan fingerprint density at radius 3 is 2.83 bits per heavy atom. The number of aromatic nitrogens is 3. The molecule has 1 unspecified atom stereocenters. The smallest absolute Gasteiger partial charge is 0.254 e. The van der Waals surface area contributed by atoms with Crippen LogP contribution in [0.2, 0.25) is 0 Å². The number of carbonyl (C=O) groups excluding carboxylic acids is 1. The number of fused-ring (bicyclic) bond motifs is 2. The van der Waals surface area contributed by atoms with Crippen LogP contribution >= 0.6 is 12.4 Å². The van der Waals surface area contributed by atoms with Gasteiger partial charge in [0.2, 0.25) is 5.91 Å². The number of hydrogen-bond acceptors (Lipinski definition) is 5. The standard InChI is InChI=1S/C22H27N5O2.ClH/c28-20-17-4-8-22(18(17)25-19(26-20)16-3-1-9-24-13-16)7-2-12-27(14-22)21(29)15-5-10-23-11-6-15;/h1,3,9,13,15,23H,2,4-8,10-12,14H2,(H,25,26,28);1H. The SMILES string of the molecule is Cl.O=C(C1CCNCC1)N1CCCC2(CCc3c2nc(-c2cccnc2)[nH]c3=O)C1. The first kappa shape index (κ1) is 21.0. The highest BCUT2D eigenvalue weighted by molar-refractivity contribution is 5.85. The number of pyridine rings is 1. The van der Waals surface area contributed by atoms with Gasteiger partial charge in [-0.15, -0.1) is 12.4 Å². The van der Waals surface area contributed by atoms with E-state index in [1.54, 1.807) is 12.4 Å². The summed E-state index contributed by atoms with van der Waals surface area (Å²) in [7, 11) is 0. The summed E-state index contributed by atoms with van der Waals surface area (Å²) in [6, 6.07) is 3.76. The highest BCUT2D eigenvalue weighted by atomic mass is 35.5. The molecule has 2 N–H and O–H groups in total. The Morgan fingerprint density at radius 2 is 2.07 bits per heavy atom. The van der Waals surface area contributed by atoms with E-state index in [-0.39, 0.29) is 35.2 Å². The fraction of sp³-hybridized carbons (Fsp3) is 0.545. The molecular formula is C22H28ClN5O2. The average Bonchev–Trinajstić information content (AvgIpc) is 3.12. The van der Waals surface area contributed by atoms with Crippen molar-refractivity contribution in [2.45, 2.75) is 43.9 Å². The van der Waals surface area contributed by atoms with E-state index in [0.717, 1.165) is 75.0 Å². The maximum Gasteiger partial charge on any atom is 0.254 e. The van der Waals surface area contributed by atoms with Crippen LogP contribution in [0.5, 0.6) is 0 Å². The predicted octanol–water partition coefficient (Wildman–Crippen LogP) is 2.06. The topological polar surface area (TPSA) is 91.0 Å². The summed E-state index contributed by atoms with van der Waals surface area (Å²) >= 11 is 0. The molecular weight excluding hydrogens is 402 g/mol. The molecule has 1 aliphatic carbocycles. The van der Waals surface area contributed by atoms with Crippen molar-refractivity contribution in [3.63, 3.8) is 0 Å². The summed E-state index contributed by atoms with van der Waals surface area (Å²) in [5.74, 6) is 0.992. The first-order valence-corrected chi connectivity index (χ1v) is 10.7. The molecule has 8 heteroatoms. The number of rotatable bonds is 2. The third kappa shape index (κ3) is 3.65. The van der Waals surface area contributed by atoms with Crippen LogP contribution in [-0.2, 0) is 16.6 Å². The van der Waals surface area contributed by atoms with E-state index in [1.165, 1.54) is 0 Å². The van der Waals surface area contributed by atoms with Crippen molar-refractivity contribution in [1.82, 2.24) is 25.2 Å². The van der Waals surface area contributed by atoms with Crippen LogP contribution in [-0.4, -0.2) is 51.9 Å². The first-order valence-electron chi connectivity index (χ1n) is 10.7. The molecule has 2 aromatic rings. The molecule has 2 aliphatic heterocycles. The molecule has 1 spiro atoms. The molecule has 160 valence electrons. The van der Waals surface area contributed by atoms with Crippen molar-refractivity contribution in [3.05, 3.63) is 46.1 Å². The van der Waals surface area contributed by atoms with E-state index in [0.29, 0.717) is 12.4 Å². The third-order valence-corrected chi connectivity index (χ3v) is 6.88. The number of piperidine rings is 2. The molecule has 3 aliphatic rings. The molecule has 2 saturated heterocycles. The second kappa shape index (κ2) is 8.47. The van der Waals surface area contributed by atoms with E-state index in [1.807, 2.05) is 12.1 Å². The number of amides is 1. The number of aromatic amines is 1. The van der Waals surface area contributed by atoms with E-state index < -0.39 is 0 Å². The molecule has 2 aromatic heterocycles. The average molecular weight is 430 g/mol. The number of halogens is 1. The number of nitrogens with one attached hydrogen (secondary N) is 2. The summed E-state index contributed by atoms with van der Waals surface area (Å²) in [4.78, 5) is 40.0. The minimum Gasteiger partial charge on any atom is -0.342 e. The van der Waals surface area contributed by atoms with Crippen LogP contribution in [0, 0.1) is 5.92 Å². The van der Waals surface area contributed by atoms with Crippen LogP contribution in [0.25, 0.3) is 11.4 Å². The van der Waals surface area contributed by atoms with Gasteiger partial charge in [0.05, 0.1) is 5.69 Å². The van der Waals surface area contributed by atoms with Crippen LogP contribution in [0.1, 0.15) is 43.4 Å². The monoisotopic (exact) mass is 429 g/mol. The molecule has 0 aromatic carbocycles. The van der Waals surface area contributed by atoms with Crippen molar-refractivity contribution >= 4 is 18.3 Å². The lowest BCUT2D eigenvalue weighted by Gasteiger charge is -2.42. The van der Waals surface area contributed by atoms with E-state index in [9.17, 15) is 9.59 Å². The lowest BCUT2D eigenvalue weighted by Crippen LogP contribution is -2.51. The van der Waals surface area contributed by atoms with Gasteiger partial charge in [0.25, 0.3) is 5.56 Å². The van der Waals surface area contributed by atoms with Gasteiger partial charge in [-0.2, -0.15) is 0 Å². The van der Waals surface area contributed by atoms with E-state index in [4.69, 9.17) is 4.98 Å². The second-order valence-corrected chi connectivity index (χ2v) is 8.65. The molecule has 1 amide bonds. The Balaban J connectivity index is 0.00000218. The zero-order valence-electron chi connectivity index (χ0n) is 17.0. The number of H-pyrrole nitrogens is 1. The van der Waals surface area contributed by atoms with Gasteiger partial charge in [-0.1, -0.05) is 0 Å². The highest BCUT2D eigenvalue weighted by Crippen LogP contribution is 2.43. The Hall–Kier alpha value is -2.25. The number of hydrogen-bond donors (Lipinski definition) is 2. The molecule has 5 rings (SSSR count). The summed E-state index contributed by atoms with van der Waals surface area (Å²) in [5, 5.41) is 3.34. The van der Waals surface area contributed by atoms with Gasteiger partial charge in [-0.25, -0.2) is 4.98 Å². The summed E-state index contributed by atoms with van der Waals surface area (Å²) in [6.07, 6.45) is 8.85. The minimum atomic E-state index is -0.193. The normalized spacial score (nSPS) is 23.8. The van der Waals surface area contributed by atoms with E-state index >= 15 is 0 Å². The van der Waals surface area contributed by atoms with Crippen LogP contribution in [0.15, 0.2) is 29.3 Å². The second-order valence-electron chi connectivity index (χ2n) is 8.65. The largest absolute Gasteiger partial charge is 0.342 e. The fourth-order valence-electron chi connectivity index (χ4n) is 5.33. The number of likely N-dealkylation sites (tertiary alicyclic amines) is 1. The number of nitrogens with zero attached hydrogens (tertiary/aromatic N) is 3. The summed E-state index contributed by atoms with van der Waals surface area (Å²) < 4.78 is 0. The predicted molar refractivity (Wildman–Crippen MR) is 117 cm³/mol. The van der Waals surface area contributed by atoms with Gasteiger partial charge in [0.1, 0.15) is 5.82 Å². The maximum atomic E-state index is 13.2. The Bertz CT molecular complexity index is 973. The molecule has 7 nitrogen and oxygen atoms in total. The Labute approximate surface area is 182 Å². The van der Waals surface area contributed by atoms with Gasteiger partial charge in [0, 0.05) is 47.9 Å². The third-order valence-electron chi connectivity index (χ3n) is 6.88. The summed E-state index contributed by atoms with van der Waals surface area (Å²) in [6.45, 7) is 3.34.